The van der Waals surface area contributed by atoms with Gasteiger partial charge in [0.15, 0.2) is 0 Å². The van der Waals surface area contributed by atoms with Crippen LogP contribution in [0.1, 0.15) is 23.1 Å². The smallest absolute Gasteiger partial charge is 0.263 e. The van der Waals surface area contributed by atoms with Gasteiger partial charge < -0.3 is 4.74 Å². The van der Waals surface area contributed by atoms with Crippen LogP contribution in [0.3, 0.4) is 0 Å². The number of methoxy groups -OCH3 is 1. The molecule has 0 saturated heterocycles. The molecule has 0 heterocycles. The zero-order valence-electron chi connectivity index (χ0n) is 11.4. The molecule has 0 saturated carbocycles. The summed E-state index contributed by atoms with van der Waals surface area (Å²) in [5, 5.41) is 0.493. The summed E-state index contributed by atoms with van der Waals surface area (Å²) in [6, 6.07) is 10.5. The summed E-state index contributed by atoms with van der Waals surface area (Å²) in [6.45, 7) is 0. The molecule has 2 rings (SSSR count). The Labute approximate surface area is 136 Å². The lowest BCUT2D eigenvalue weighted by Gasteiger charge is -2.10. The second-order valence-electron chi connectivity index (χ2n) is 4.62. The van der Waals surface area contributed by atoms with Gasteiger partial charge in [0, 0.05) is 10.0 Å². The van der Waals surface area contributed by atoms with E-state index >= 15 is 0 Å². The quantitative estimate of drug-likeness (QED) is 0.638. The maximum atomic E-state index is 12.8. The number of halogens is 4. The lowest BCUT2D eigenvalue weighted by atomic mass is 10.0. The Morgan fingerprint density at radius 2 is 1.81 bits per heavy atom. The number of ether oxygens (including phenoxy) is 1. The van der Waals surface area contributed by atoms with Crippen LogP contribution in [0, 0.1) is 0 Å². The molecule has 0 aliphatic heterocycles. The van der Waals surface area contributed by atoms with E-state index in [4.69, 9.17) is 16.3 Å². The summed E-state index contributed by atoms with van der Waals surface area (Å²) in [7, 11) is 1.61. The van der Waals surface area contributed by atoms with Gasteiger partial charge in [-0.1, -0.05) is 23.7 Å². The first-order valence-corrected chi connectivity index (χ1v) is 7.57. The molecule has 112 valence electrons. The molecule has 0 radical (unpaired) electrons. The van der Waals surface area contributed by atoms with Crippen molar-refractivity contribution in [3.8, 4) is 5.75 Å². The zero-order chi connectivity index (χ0) is 15.4. The molecule has 2 aromatic rings. The Morgan fingerprint density at radius 3 is 2.38 bits per heavy atom. The van der Waals surface area contributed by atoms with Gasteiger partial charge >= 0.3 is 0 Å². The fourth-order valence-electron chi connectivity index (χ4n) is 2.05. The van der Waals surface area contributed by atoms with Gasteiger partial charge in [-0.15, -0.1) is 0 Å². The maximum Gasteiger partial charge on any atom is 0.263 e. The number of alkyl halides is 2. The zero-order valence-corrected chi connectivity index (χ0v) is 13.7. The number of hydrogen-bond donors (Lipinski definition) is 0. The van der Waals surface area contributed by atoms with Gasteiger partial charge in [-0.3, -0.25) is 0 Å². The first-order chi connectivity index (χ1) is 10.0. The molecule has 21 heavy (non-hydrogen) atoms. The summed E-state index contributed by atoms with van der Waals surface area (Å²) >= 11 is 9.40. The molecule has 0 amide bonds. The van der Waals surface area contributed by atoms with E-state index in [1.807, 2.05) is 24.3 Å². The molecule has 0 fully saturated rings. The van der Waals surface area contributed by atoms with Crippen LogP contribution in [0.4, 0.5) is 8.78 Å². The van der Waals surface area contributed by atoms with Gasteiger partial charge in [0.25, 0.3) is 6.43 Å². The third kappa shape index (κ3) is 4.17. The summed E-state index contributed by atoms with van der Waals surface area (Å²) in [5.41, 5.74) is 1.80. The molecule has 0 N–H and O–H groups in total. The van der Waals surface area contributed by atoms with Crippen LogP contribution >= 0.6 is 27.5 Å². The molecule has 0 unspecified atom stereocenters. The lowest BCUT2D eigenvalue weighted by Crippen LogP contribution is -1.96. The van der Waals surface area contributed by atoms with Crippen LogP contribution in [0.25, 0.3) is 0 Å². The van der Waals surface area contributed by atoms with Crippen LogP contribution in [0.15, 0.2) is 40.9 Å². The van der Waals surface area contributed by atoms with E-state index in [0.717, 1.165) is 23.3 Å². The fraction of sp³-hybridized carbons (Fsp3) is 0.250. The van der Waals surface area contributed by atoms with E-state index in [0.29, 0.717) is 15.9 Å². The van der Waals surface area contributed by atoms with Crippen LogP contribution in [-0.4, -0.2) is 7.11 Å². The molecule has 2 aromatic carbocycles. The fourth-order valence-corrected chi connectivity index (χ4v) is 2.77. The summed E-state index contributed by atoms with van der Waals surface area (Å²) in [5.74, 6) is 0.791. The molecule has 0 aromatic heterocycles. The topological polar surface area (TPSA) is 9.23 Å². The van der Waals surface area contributed by atoms with Gasteiger partial charge in [0.05, 0.1) is 12.1 Å². The highest BCUT2D eigenvalue weighted by molar-refractivity contribution is 9.10. The predicted molar refractivity (Wildman–Crippen MR) is 84.5 cm³/mol. The third-order valence-corrected chi connectivity index (χ3v) is 4.52. The SMILES string of the molecule is COc1ccc(CCc2cc(C(F)F)cc(Br)c2Cl)cc1. The Morgan fingerprint density at radius 1 is 1.14 bits per heavy atom. The van der Waals surface area contributed by atoms with Crippen molar-refractivity contribution in [2.24, 2.45) is 0 Å². The van der Waals surface area contributed by atoms with Crippen molar-refractivity contribution in [2.75, 3.05) is 7.11 Å². The van der Waals surface area contributed by atoms with Crippen molar-refractivity contribution in [2.45, 2.75) is 19.3 Å². The standard InChI is InChI=1S/C16H14BrClF2O/c1-21-13-6-3-10(4-7-13)2-5-11-8-12(16(19)20)9-14(17)15(11)18/h3-4,6-9,16H,2,5H2,1H3. The molecule has 0 spiro atoms. The molecular weight excluding hydrogens is 362 g/mol. The van der Waals surface area contributed by atoms with Crippen LogP contribution in [0.2, 0.25) is 5.02 Å². The average Bonchev–Trinajstić information content (AvgIpc) is 2.49. The first-order valence-electron chi connectivity index (χ1n) is 6.40. The summed E-state index contributed by atoms with van der Waals surface area (Å²) in [4.78, 5) is 0. The Hall–Kier alpha value is -1.13. The van der Waals surface area contributed by atoms with E-state index < -0.39 is 6.43 Å². The van der Waals surface area contributed by atoms with Crippen molar-refractivity contribution in [3.63, 3.8) is 0 Å². The van der Waals surface area contributed by atoms with Crippen LogP contribution in [-0.2, 0) is 12.8 Å². The highest BCUT2D eigenvalue weighted by atomic mass is 79.9. The third-order valence-electron chi connectivity index (χ3n) is 3.22. The van der Waals surface area contributed by atoms with Crippen molar-refractivity contribution in [3.05, 3.63) is 62.6 Å². The predicted octanol–water partition coefficient (Wildman–Crippen LogP) is 5.83. The Kier molecular flexibility index (Phi) is 5.59. The van der Waals surface area contributed by atoms with E-state index in [9.17, 15) is 8.78 Å². The van der Waals surface area contributed by atoms with E-state index in [-0.39, 0.29) is 5.56 Å². The van der Waals surface area contributed by atoms with E-state index in [1.54, 1.807) is 7.11 Å². The van der Waals surface area contributed by atoms with Gasteiger partial charge in [-0.2, -0.15) is 0 Å². The van der Waals surface area contributed by atoms with Crippen LogP contribution in [0.5, 0.6) is 5.75 Å². The summed E-state index contributed by atoms with van der Waals surface area (Å²) in [6.07, 6.45) is -1.18. The van der Waals surface area contributed by atoms with Crippen molar-refractivity contribution >= 4 is 27.5 Å². The minimum atomic E-state index is -2.50. The second-order valence-corrected chi connectivity index (χ2v) is 5.86. The Bertz CT molecular complexity index is 614. The van der Waals surface area contributed by atoms with Gasteiger partial charge in [0.1, 0.15) is 5.75 Å². The average molecular weight is 376 g/mol. The monoisotopic (exact) mass is 374 g/mol. The largest absolute Gasteiger partial charge is 0.497 e. The molecule has 1 nitrogen and oxygen atoms in total. The molecular formula is C16H14BrClF2O. The molecule has 0 aliphatic carbocycles. The molecule has 0 bridgehead atoms. The van der Waals surface area contributed by atoms with Gasteiger partial charge in [-0.25, -0.2) is 8.78 Å². The second kappa shape index (κ2) is 7.23. The first kappa shape index (κ1) is 16.2. The van der Waals surface area contributed by atoms with Crippen molar-refractivity contribution in [1.82, 2.24) is 0 Å². The summed E-state index contributed by atoms with van der Waals surface area (Å²) < 4.78 is 31.3. The number of benzene rings is 2. The van der Waals surface area contributed by atoms with Crippen molar-refractivity contribution in [1.29, 1.82) is 0 Å². The normalized spacial score (nSPS) is 11.0. The minimum Gasteiger partial charge on any atom is -0.497 e. The minimum absolute atomic E-state index is 0.0176. The molecule has 0 aliphatic rings. The van der Waals surface area contributed by atoms with E-state index in [2.05, 4.69) is 15.9 Å². The number of hydrogen-bond acceptors (Lipinski definition) is 1. The maximum absolute atomic E-state index is 12.8. The lowest BCUT2D eigenvalue weighted by molar-refractivity contribution is 0.151. The van der Waals surface area contributed by atoms with Gasteiger partial charge in [0.2, 0.25) is 0 Å². The number of rotatable bonds is 5. The van der Waals surface area contributed by atoms with Crippen molar-refractivity contribution < 1.29 is 13.5 Å². The van der Waals surface area contributed by atoms with E-state index in [1.165, 1.54) is 12.1 Å². The highest BCUT2D eigenvalue weighted by Crippen LogP contribution is 2.32. The highest BCUT2D eigenvalue weighted by Gasteiger charge is 2.13. The Balaban J connectivity index is 2.15. The van der Waals surface area contributed by atoms with Gasteiger partial charge in [-0.05, 0) is 64.2 Å². The van der Waals surface area contributed by atoms with Crippen LogP contribution < -0.4 is 4.74 Å². The molecule has 5 heteroatoms. The number of aryl methyl sites for hydroxylation is 2. The molecule has 0 atom stereocenters.